The predicted octanol–water partition coefficient (Wildman–Crippen LogP) is 5.36. The lowest BCUT2D eigenvalue weighted by Gasteiger charge is -2.27. The summed E-state index contributed by atoms with van der Waals surface area (Å²) < 4.78 is 7.11. The van der Waals surface area contributed by atoms with E-state index >= 15 is 0 Å². The van der Waals surface area contributed by atoms with Crippen molar-refractivity contribution in [3.05, 3.63) is 77.6 Å². The highest BCUT2D eigenvalue weighted by Crippen LogP contribution is 2.28. The Kier molecular flexibility index (Phi) is 7.85. The lowest BCUT2D eigenvalue weighted by Crippen LogP contribution is -2.36. The van der Waals surface area contributed by atoms with Gasteiger partial charge in [0.2, 0.25) is 5.95 Å². The first kappa shape index (κ1) is 27.6. The molecule has 4 aromatic rings. The van der Waals surface area contributed by atoms with Crippen molar-refractivity contribution in [3.63, 3.8) is 0 Å². The highest BCUT2D eigenvalue weighted by Gasteiger charge is 2.22. The maximum Gasteiger partial charge on any atom is 0.324 e. The molecule has 2 aromatic heterocycles. The molecule has 11 nitrogen and oxygen atoms in total. The fourth-order valence-corrected chi connectivity index (χ4v) is 4.32. The minimum atomic E-state index is -0.416. The summed E-state index contributed by atoms with van der Waals surface area (Å²) in [6.45, 7) is 11.1. The minimum absolute atomic E-state index is 0.233. The molecule has 2 aromatic carbocycles. The lowest BCUT2D eigenvalue weighted by molar-refractivity contribution is 0.122. The van der Waals surface area contributed by atoms with Gasteiger partial charge in [-0.2, -0.15) is 15.3 Å². The Morgan fingerprint density at radius 3 is 2.49 bits per heavy atom. The third kappa shape index (κ3) is 6.62. The molecule has 41 heavy (non-hydrogen) atoms. The number of urea groups is 1. The van der Waals surface area contributed by atoms with Gasteiger partial charge in [0.05, 0.1) is 36.2 Å². The average Bonchev–Trinajstić information content (AvgIpc) is 3.40. The van der Waals surface area contributed by atoms with E-state index in [0.717, 1.165) is 41.5 Å². The van der Waals surface area contributed by atoms with Gasteiger partial charge in [-0.1, -0.05) is 26.8 Å². The quantitative estimate of drug-likeness (QED) is 0.292. The summed E-state index contributed by atoms with van der Waals surface area (Å²) in [7, 11) is 0. The largest absolute Gasteiger partial charge is 0.378 e. The molecule has 210 valence electrons. The topological polar surface area (TPSA) is 133 Å². The van der Waals surface area contributed by atoms with Gasteiger partial charge in [-0.3, -0.25) is 5.32 Å². The number of amides is 2. The zero-order valence-corrected chi connectivity index (χ0v) is 23.6. The Hall–Kier alpha value is -4.95. The third-order valence-corrected chi connectivity index (χ3v) is 6.68. The second kappa shape index (κ2) is 11.7. The first-order chi connectivity index (χ1) is 19.7. The number of nitrogens with zero attached hydrogens (tertiary/aromatic N) is 6. The van der Waals surface area contributed by atoms with Gasteiger partial charge in [0.1, 0.15) is 11.6 Å². The molecule has 0 atom stereocenters. The third-order valence-electron chi connectivity index (χ3n) is 6.68. The van der Waals surface area contributed by atoms with E-state index in [1.807, 2.05) is 37.3 Å². The molecule has 0 spiro atoms. The standard InChI is InChI=1S/C30H33N9O2/c1-20-5-8-22(17-24(20)34-28-32-12-11-26(35-28)38-13-15-41-16-14-38)33-29(40)36-27-18-25(30(2,3)4)37-39(27)23-9-6-21(19-31)7-10-23/h5-12,17-18H,13-16H2,1-4H3,(H,32,34,35)(H2,33,36,40). The molecule has 0 radical (unpaired) electrons. The molecule has 1 aliphatic rings. The number of hydrogen-bond donors (Lipinski definition) is 3. The van der Waals surface area contributed by atoms with Gasteiger partial charge in [0.25, 0.3) is 0 Å². The molecule has 2 amide bonds. The van der Waals surface area contributed by atoms with Crippen LogP contribution in [0.2, 0.25) is 0 Å². The molecule has 0 bridgehead atoms. The highest BCUT2D eigenvalue weighted by molar-refractivity contribution is 5.99. The molecule has 11 heteroatoms. The van der Waals surface area contributed by atoms with Gasteiger partial charge >= 0.3 is 6.03 Å². The summed E-state index contributed by atoms with van der Waals surface area (Å²) in [6, 6.07) is 18.1. The lowest BCUT2D eigenvalue weighted by atomic mass is 9.92. The molecule has 0 aliphatic carbocycles. The van der Waals surface area contributed by atoms with Gasteiger partial charge in [-0.05, 0) is 55.0 Å². The van der Waals surface area contributed by atoms with E-state index in [0.29, 0.717) is 36.2 Å². The van der Waals surface area contributed by atoms with E-state index in [9.17, 15) is 4.79 Å². The summed E-state index contributed by atoms with van der Waals surface area (Å²) >= 11 is 0. The summed E-state index contributed by atoms with van der Waals surface area (Å²) in [5.74, 6) is 1.82. The number of anilines is 5. The molecule has 1 saturated heterocycles. The van der Waals surface area contributed by atoms with Gasteiger partial charge < -0.3 is 20.3 Å². The van der Waals surface area contributed by atoms with Crippen molar-refractivity contribution >= 4 is 35.0 Å². The Morgan fingerprint density at radius 2 is 1.78 bits per heavy atom. The van der Waals surface area contributed by atoms with Crippen molar-refractivity contribution in [1.29, 1.82) is 5.26 Å². The monoisotopic (exact) mass is 551 g/mol. The molecule has 5 rings (SSSR count). The van der Waals surface area contributed by atoms with Crippen LogP contribution in [0.5, 0.6) is 0 Å². The average molecular weight is 552 g/mol. The second-order valence-electron chi connectivity index (χ2n) is 10.8. The van der Waals surface area contributed by atoms with E-state index in [4.69, 9.17) is 15.1 Å². The normalized spacial score (nSPS) is 13.4. The number of ether oxygens (including phenoxy) is 1. The summed E-state index contributed by atoms with van der Waals surface area (Å²) in [5, 5.41) is 23.0. The van der Waals surface area contributed by atoms with E-state index in [-0.39, 0.29) is 5.41 Å². The van der Waals surface area contributed by atoms with Crippen molar-refractivity contribution in [1.82, 2.24) is 19.7 Å². The van der Waals surface area contributed by atoms with Crippen LogP contribution in [0.1, 0.15) is 37.6 Å². The molecular weight excluding hydrogens is 518 g/mol. The fraction of sp³-hybridized carbons (Fsp3) is 0.300. The molecule has 1 fully saturated rings. The molecule has 3 heterocycles. The Morgan fingerprint density at radius 1 is 1.02 bits per heavy atom. The first-order valence-corrected chi connectivity index (χ1v) is 13.4. The van der Waals surface area contributed by atoms with Crippen molar-refractivity contribution in [2.75, 3.05) is 47.2 Å². The van der Waals surface area contributed by atoms with Crippen LogP contribution in [-0.2, 0) is 10.2 Å². The fourth-order valence-electron chi connectivity index (χ4n) is 4.32. The summed E-state index contributed by atoms with van der Waals surface area (Å²) in [5.41, 5.74) is 4.22. The molecule has 3 N–H and O–H groups in total. The maximum atomic E-state index is 13.1. The Labute approximate surface area is 239 Å². The van der Waals surface area contributed by atoms with Crippen LogP contribution in [0.25, 0.3) is 5.69 Å². The van der Waals surface area contributed by atoms with E-state index in [2.05, 4.69) is 57.7 Å². The van der Waals surface area contributed by atoms with Crippen molar-refractivity contribution in [2.45, 2.75) is 33.1 Å². The van der Waals surface area contributed by atoms with Crippen LogP contribution in [0.3, 0.4) is 0 Å². The predicted molar refractivity (Wildman–Crippen MR) is 159 cm³/mol. The van der Waals surface area contributed by atoms with Gasteiger partial charge in [0.15, 0.2) is 0 Å². The Balaban J connectivity index is 1.33. The number of nitriles is 1. The van der Waals surface area contributed by atoms with Crippen LogP contribution < -0.4 is 20.9 Å². The highest BCUT2D eigenvalue weighted by atomic mass is 16.5. The van der Waals surface area contributed by atoms with Crippen molar-refractivity contribution in [2.24, 2.45) is 0 Å². The van der Waals surface area contributed by atoms with Crippen LogP contribution in [0.15, 0.2) is 60.8 Å². The molecule has 0 unspecified atom stereocenters. The molecule has 0 saturated carbocycles. The first-order valence-electron chi connectivity index (χ1n) is 13.4. The SMILES string of the molecule is Cc1ccc(NC(=O)Nc2cc(C(C)(C)C)nn2-c2ccc(C#N)cc2)cc1Nc1nccc(N2CCOCC2)n1. The summed E-state index contributed by atoms with van der Waals surface area (Å²) in [6.07, 6.45) is 1.73. The van der Waals surface area contributed by atoms with Crippen LogP contribution in [0, 0.1) is 18.3 Å². The van der Waals surface area contributed by atoms with Crippen LogP contribution >= 0.6 is 0 Å². The van der Waals surface area contributed by atoms with Gasteiger partial charge in [0, 0.05) is 42.1 Å². The van der Waals surface area contributed by atoms with E-state index < -0.39 is 6.03 Å². The minimum Gasteiger partial charge on any atom is -0.378 e. The second-order valence-corrected chi connectivity index (χ2v) is 10.8. The van der Waals surface area contributed by atoms with Gasteiger partial charge in [-0.25, -0.2) is 14.5 Å². The number of rotatable bonds is 6. The zero-order chi connectivity index (χ0) is 29.0. The number of benzene rings is 2. The number of aromatic nitrogens is 4. The number of hydrogen-bond acceptors (Lipinski definition) is 8. The number of aryl methyl sites for hydroxylation is 1. The maximum absolute atomic E-state index is 13.1. The van der Waals surface area contributed by atoms with Crippen molar-refractivity contribution in [3.8, 4) is 11.8 Å². The number of nitrogens with one attached hydrogen (secondary N) is 3. The smallest absolute Gasteiger partial charge is 0.324 e. The Bertz CT molecular complexity index is 1580. The molecule has 1 aliphatic heterocycles. The zero-order valence-electron chi connectivity index (χ0n) is 23.6. The number of morpholine rings is 1. The molecular formula is C30H33N9O2. The van der Waals surface area contributed by atoms with Crippen molar-refractivity contribution < 1.29 is 9.53 Å². The van der Waals surface area contributed by atoms with Gasteiger partial charge in [-0.15, -0.1) is 0 Å². The number of carbonyl (C=O) groups excluding carboxylic acids is 1. The van der Waals surface area contributed by atoms with E-state index in [1.54, 1.807) is 35.1 Å². The van der Waals surface area contributed by atoms with E-state index in [1.165, 1.54) is 0 Å². The van der Waals surface area contributed by atoms with Crippen LogP contribution in [-0.4, -0.2) is 52.1 Å². The summed E-state index contributed by atoms with van der Waals surface area (Å²) in [4.78, 5) is 24.4. The number of carbonyl (C=O) groups is 1. The van der Waals surface area contributed by atoms with Crippen LogP contribution in [0.4, 0.5) is 33.8 Å².